The number of hydrogen-bond donors (Lipinski definition) is 0. The molecule has 100 valence electrons. The molecule has 2 heteroatoms. The van der Waals surface area contributed by atoms with E-state index in [0.29, 0.717) is 11.5 Å². The van der Waals surface area contributed by atoms with Gasteiger partial charge in [-0.05, 0) is 29.9 Å². The first-order chi connectivity index (χ1) is 8.30. The van der Waals surface area contributed by atoms with Crippen LogP contribution >= 0.6 is 0 Å². The minimum absolute atomic E-state index is 0.0330. The Labute approximate surface area is 110 Å². The Morgan fingerprint density at radius 3 is 2.17 bits per heavy atom. The molecule has 0 heterocycles. The number of hydrogen-bond acceptors (Lipinski definition) is 2. The summed E-state index contributed by atoms with van der Waals surface area (Å²) in [5, 5.41) is 0. The third-order valence-corrected chi connectivity index (χ3v) is 2.91. The van der Waals surface area contributed by atoms with E-state index in [1.54, 1.807) is 12.1 Å². The lowest BCUT2D eigenvalue weighted by Gasteiger charge is -2.31. The molecule has 0 fully saturated rings. The fourth-order valence-corrected chi connectivity index (χ4v) is 1.78. The van der Waals surface area contributed by atoms with Gasteiger partial charge in [0.25, 0.3) is 0 Å². The van der Waals surface area contributed by atoms with Gasteiger partial charge in [0.05, 0.1) is 5.56 Å². The average Bonchev–Trinajstić information content (AvgIpc) is 2.27. The predicted molar refractivity (Wildman–Crippen MR) is 74.6 cm³/mol. The number of benzene rings is 1. The average molecular weight is 248 g/mol. The summed E-state index contributed by atoms with van der Waals surface area (Å²) in [5.41, 5.74) is 0.588. The monoisotopic (exact) mass is 248 g/mol. The van der Waals surface area contributed by atoms with Crippen molar-refractivity contribution in [2.75, 3.05) is 0 Å². The van der Waals surface area contributed by atoms with Crippen molar-refractivity contribution in [2.45, 2.75) is 47.1 Å². The summed E-state index contributed by atoms with van der Waals surface area (Å²) in [7, 11) is 0. The van der Waals surface area contributed by atoms with Crippen molar-refractivity contribution in [1.29, 1.82) is 0 Å². The Balaban J connectivity index is 2.75. The van der Waals surface area contributed by atoms with Crippen LogP contribution in [0.3, 0.4) is 0 Å². The Morgan fingerprint density at radius 2 is 1.72 bits per heavy atom. The van der Waals surface area contributed by atoms with Gasteiger partial charge in [-0.3, -0.25) is 0 Å². The number of carbonyl (C=O) groups excluding carboxylic acids is 1. The van der Waals surface area contributed by atoms with E-state index in [2.05, 4.69) is 34.6 Å². The van der Waals surface area contributed by atoms with Gasteiger partial charge in [0.15, 0.2) is 0 Å². The van der Waals surface area contributed by atoms with E-state index < -0.39 is 0 Å². The second kappa shape index (κ2) is 6.03. The molecule has 1 aromatic rings. The van der Waals surface area contributed by atoms with E-state index in [1.165, 1.54) is 0 Å². The summed E-state index contributed by atoms with van der Waals surface area (Å²) in [6.07, 6.45) is 0.840. The van der Waals surface area contributed by atoms with Crippen LogP contribution in [0.2, 0.25) is 0 Å². The molecule has 0 bridgehead atoms. The molecule has 0 N–H and O–H groups in total. The van der Waals surface area contributed by atoms with E-state index in [-0.39, 0.29) is 17.5 Å². The highest BCUT2D eigenvalue weighted by molar-refractivity contribution is 5.89. The highest BCUT2D eigenvalue weighted by atomic mass is 16.5. The maximum atomic E-state index is 12.1. The van der Waals surface area contributed by atoms with E-state index in [4.69, 9.17) is 4.74 Å². The molecule has 1 rings (SSSR count). The lowest BCUT2D eigenvalue weighted by molar-refractivity contribution is -0.0106. The van der Waals surface area contributed by atoms with Crippen LogP contribution in [0.4, 0.5) is 0 Å². The van der Waals surface area contributed by atoms with Crippen LogP contribution in [-0.2, 0) is 4.74 Å². The summed E-state index contributed by atoms with van der Waals surface area (Å²) in [6.45, 7) is 10.6. The standard InChI is InChI=1S/C16H24O2/c1-12(2)11-14(16(3,4)5)18-15(17)13-9-7-6-8-10-13/h6-10,12,14H,11H2,1-5H3/t14-/m0/s1. The molecular weight excluding hydrogens is 224 g/mol. The van der Waals surface area contributed by atoms with Crippen molar-refractivity contribution in [3.63, 3.8) is 0 Å². The van der Waals surface area contributed by atoms with Crippen molar-refractivity contribution in [1.82, 2.24) is 0 Å². The van der Waals surface area contributed by atoms with Crippen LogP contribution in [0.25, 0.3) is 0 Å². The molecule has 0 saturated heterocycles. The minimum Gasteiger partial charge on any atom is -0.458 e. The molecule has 0 aromatic heterocycles. The van der Waals surface area contributed by atoms with E-state index >= 15 is 0 Å². The third-order valence-electron chi connectivity index (χ3n) is 2.91. The zero-order valence-electron chi connectivity index (χ0n) is 12.1. The van der Waals surface area contributed by atoms with Crippen molar-refractivity contribution >= 4 is 5.97 Å². The summed E-state index contributed by atoms with van der Waals surface area (Å²) < 4.78 is 5.67. The lowest BCUT2D eigenvalue weighted by atomic mass is 9.84. The second-order valence-electron chi connectivity index (χ2n) is 6.26. The SMILES string of the molecule is CC(C)C[C@H](OC(=O)c1ccccc1)C(C)(C)C. The van der Waals surface area contributed by atoms with Crippen LogP contribution in [0.5, 0.6) is 0 Å². The topological polar surface area (TPSA) is 26.3 Å². The molecule has 0 unspecified atom stereocenters. The number of esters is 1. The van der Waals surface area contributed by atoms with E-state index in [1.807, 2.05) is 18.2 Å². The van der Waals surface area contributed by atoms with Gasteiger partial charge in [0.2, 0.25) is 0 Å². The van der Waals surface area contributed by atoms with Crippen molar-refractivity contribution < 1.29 is 9.53 Å². The zero-order valence-corrected chi connectivity index (χ0v) is 12.1. The fraction of sp³-hybridized carbons (Fsp3) is 0.562. The number of ether oxygens (including phenoxy) is 1. The molecule has 0 aliphatic rings. The first kappa shape index (κ1) is 14.7. The Kier molecular flexibility index (Phi) is 4.94. The van der Waals surface area contributed by atoms with Gasteiger partial charge in [0, 0.05) is 0 Å². The molecule has 0 radical (unpaired) electrons. The summed E-state index contributed by atoms with van der Waals surface area (Å²) in [4.78, 5) is 12.1. The highest BCUT2D eigenvalue weighted by Gasteiger charge is 2.29. The first-order valence-corrected chi connectivity index (χ1v) is 6.56. The van der Waals surface area contributed by atoms with E-state index in [9.17, 15) is 4.79 Å². The van der Waals surface area contributed by atoms with Gasteiger partial charge in [-0.2, -0.15) is 0 Å². The molecule has 0 aliphatic carbocycles. The normalized spacial score (nSPS) is 13.4. The maximum Gasteiger partial charge on any atom is 0.338 e. The van der Waals surface area contributed by atoms with Crippen LogP contribution in [0, 0.1) is 11.3 Å². The maximum absolute atomic E-state index is 12.1. The Bertz CT molecular complexity index is 374. The smallest absolute Gasteiger partial charge is 0.338 e. The predicted octanol–water partition coefficient (Wildman–Crippen LogP) is 4.30. The molecule has 1 aromatic carbocycles. The molecule has 18 heavy (non-hydrogen) atoms. The summed E-state index contributed by atoms with van der Waals surface area (Å²) >= 11 is 0. The van der Waals surface area contributed by atoms with Gasteiger partial charge >= 0.3 is 5.97 Å². The molecule has 0 spiro atoms. The molecule has 2 nitrogen and oxygen atoms in total. The number of rotatable bonds is 4. The van der Waals surface area contributed by atoms with Gasteiger partial charge in [-0.15, -0.1) is 0 Å². The molecule has 0 aliphatic heterocycles. The lowest BCUT2D eigenvalue weighted by Crippen LogP contribution is -2.33. The van der Waals surface area contributed by atoms with Crippen LogP contribution < -0.4 is 0 Å². The molecule has 0 saturated carbocycles. The van der Waals surface area contributed by atoms with Crippen molar-refractivity contribution in [3.05, 3.63) is 35.9 Å². The van der Waals surface area contributed by atoms with Crippen LogP contribution in [-0.4, -0.2) is 12.1 Å². The fourth-order valence-electron chi connectivity index (χ4n) is 1.78. The quantitative estimate of drug-likeness (QED) is 0.742. The molecular formula is C16H24O2. The largest absolute Gasteiger partial charge is 0.458 e. The van der Waals surface area contributed by atoms with Crippen molar-refractivity contribution in [3.8, 4) is 0 Å². The Hall–Kier alpha value is -1.31. The van der Waals surface area contributed by atoms with Gasteiger partial charge in [-0.25, -0.2) is 4.79 Å². The minimum atomic E-state index is -0.226. The third kappa shape index (κ3) is 4.52. The first-order valence-electron chi connectivity index (χ1n) is 6.56. The molecule has 0 amide bonds. The van der Waals surface area contributed by atoms with Gasteiger partial charge < -0.3 is 4.74 Å². The summed E-state index contributed by atoms with van der Waals surface area (Å²) in [5.74, 6) is 0.286. The Morgan fingerprint density at radius 1 is 1.17 bits per heavy atom. The van der Waals surface area contributed by atoms with E-state index in [0.717, 1.165) is 6.42 Å². The molecule has 1 atom stereocenters. The van der Waals surface area contributed by atoms with Crippen molar-refractivity contribution in [2.24, 2.45) is 11.3 Å². The zero-order chi connectivity index (χ0) is 13.8. The second-order valence-corrected chi connectivity index (χ2v) is 6.26. The summed E-state index contributed by atoms with van der Waals surface area (Å²) in [6, 6.07) is 9.18. The van der Waals surface area contributed by atoms with Gasteiger partial charge in [0.1, 0.15) is 6.10 Å². The van der Waals surface area contributed by atoms with Crippen LogP contribution in [0.1, 0.15) is 51.4 Å². The van der Waals surface area contributed by atoms with Gasteiger partial charge in [-0.1, -0.05) is 52.8 Å². The highest BCUT2D eigenvalue weighted by Crippen LogP contribution is 2.28. The van der Waals surface area contributed by atoms with Crippen LogP contribution in [0.15, 0.2) is 30.3 Å². The number of carbonyl (C=O) groups is 1.